The number of rotatable bonds is 2. The lowest BCUT2D eigenvalue weighted by Gasteiger charge is -2.59. The molecule has 1 spiro atoms. The highest BCUT2D eigenvalue weighted by molar-refractivity contribution is 8.17. The molecule has 7 rings (SSSR count). The molecule has 49 heavy (non-hydrogen) atoms. The normalized spacial score (nSPS) is 34.1. The van der Waals surface area contributed by atoms with Gasteiger partial charge in [0.1, 0.15) is 11.4 Å². The molecular weight excluding hydrogens is 696 g/mol. The third-order valence-corrected chi connectivity index (χ3v) is 17.0. The van der Waals surface area contributed by atoms with E-state index in [4.69, 9.17) is 21.1 Å². The van der Waals surface area contributed by atoms with Crippen molar-refractivity contribution in [3.8, 4) is 5.75 Å². The van der Waals surface area contributed by atoms with Crippen LogP contribution < -0.4 is 14.4 Å². The molecule has 2 aromatic carbocycles. The van der Waals surface area contributed by atoms with Gasteiger partial charge in [-0.1, -0.05) is 48.9 Å². The second-order valence-electron chi connectivity index (χ2n) is 14.9. The molecule has 11 heteroatoms. The van der Waals surface area contributed by atoms with Crippen molar-refractivity contribution < 1.29 is 22.7 Å². The largest absolute Gasteiger partial charge is 0.490 e. The molecule has 2 bridgehead atoms. The van der Waals surface area contributed by atoms with Crippen molar-refractivity contribution in [2.75, 3.05) is 43.2 Å². The van der Waals surface area contributed by atoms with Crippen LogP contribution in [0.1, 0.15) is 73.9 Å². The minimum atomic E-state index is -4.04. The Morgan fingerprint density at radius 3 is 2.63 bits per heavy atom. The van der Waals surface area contributed by atoms with Crippen LogP contribution in [0.25, 0.3) is 0 Å². The fourth-order valence-corrected chi connectivity index (χ4v) is 13.6. The standard InChI is InChI=1S/C38H47ClN2O5S3/c1-25-8-5-16-38(45-4,35-47-18-7-19-48-35)33-14-17-36(33,3)22-41-23-37(15-6-9-27-20-29(39)11-12-30(27)37)24-46-32-13-10-28(21-31(32)41)34(42)40-49(43,44)26(25)2/h5,10-13,16,20-21,26,33,35H,1,6-9,14-15,17-19,22-24H2,2-4H3,(H,40,42)/b16-5+/t26-,33-,36?,37+,38+/m1/s1. The molecule has 1 saturated carbocycles. The summed E-state index contributed by atoms with van der Waals surface area (Å²) in [6.45, 7) is 10.1. The Morgan fingerprint density at radius 1 is 1.10 bits per heavy atom. The van der Waals surface area contributed by atoms with Crippen molar-refractivity contribution in [2.24, 2.45) is 11.3 Å². The summed E-state index contributed by atoms with van der Waals surface area (Å²) < 4.78 is 42.9. The van der Waals surface area contributed by atoms with E-state index >= 15 is 0 Å². The van der Waals surface area contributed by atoms with Gasteiger partial charge in [0.15, 0.2) is 0 Å². The first kappa shape index (κ1) is 35.3. The first-order chi connectivity index (χ1) is 23.4. The second kappa shape index (κ2) is 13.5. The Hall–Kier alpha value is -2.11. The van der Waals surface area contributed by atoms with E-state index in [9.17, 15) is 13.2 Å². The molecule has 2 fully saturated rings. The number of anilines is 1. The molecule has 2 aliphatic carbocycles. The molecule has 1 saturated heterocycles. The molecule has 0 radical (unpaired) electrons. The highest BCUT2D eigenvalue weighted by Crippen LogP contribution is 2.59. The van der Waals surface area contributed by atoms with E-state index in [1.165, 1.54) is 17.5 Å². The van der Waals surface area contributed by atoms with E-state index in [-0.39, 0.29) is 26.9 Å². The van der Waals surface area contributed by atoms with Gasteiger partial charge in [0.05, 0.1) is 22.1 Å². The molecule has 0 aromatic heterocycles. The maximum absolute atomic E-state index is 13.6. The number of amides is 1. The number of carbonyl (C=O) groups is 1. The molecule has 3 aliphatic heterocycles. The van der Waals surface area contributed by atoms with E-state index in [1.54, 1.807) is 13.0 Å². The van der Waals surface area contributed by atoms with E-state index < -0.39 is 26.8 Å². The van der Waals surface area contributed by atoms with E-state index in [1.807, 2.05) is 48.8 Å². The summed E-state index contributed by atoms with van der Waals surface area (Å²) in [6.07, 6.45) is 10.9. The molecule has 5 aliphatic rings. The highest BCUT2D eigenvalue weighted by atomic mass is 35.5. The zero-order chi connectivity index (χ0) is 34.6. The van der Waals surface area contributed by atoms with Gasteiger partial charge in [-0.3, -0.25) is 4.79 Å². The van der Waals surface area contributed by atoms with Crippen LogP contribution in [0.5, 0.6) is 5.75 Å². The molecule has 1 N–H and O–H groups in total. The number of benzene rings is 2. The van der Waals surface area contributed by atoms with Gasteiger partial charge in [-0.15, -0.1) is 23.5 Å². The Balaban J connectivity index is 1.37. The number of halogens is 1. The zero-order valence-corrected chi connectivity index (χ0v) is 31.8. The lowest BCUT2D eigenvalue weighted by molar-refractivity contribution is -0.106. The van der Waals surface area contributed by atoms with Gasteiger partial charge < -0.3 is 14.4 Å². The third-order valence-electron chi connectivity index (χ3n) is 11.8. The SMILES string of the molecule is C=C1C/C=C/[C@@](OC)(C2SCCCS2)[C@@H]2CCC2(C)CN2C[C@@]3(CCCc4cc(Cl)ccc43)COc3ccc(cc32)C(=O)NS(=O)(=O)[C@@H]1C. The summed E-state index contributed by atoms with van der Waals surface area (Å²) >= 11 is 10.4. The maximum Gasteiger partial charge on any atom is 0.264 e. The number of allylic oxidation sites excluding steroid dienone is 1. The van der Waals surface area contributed by atoms with Crippen LogP contribution in [0.4, 0.5) is 5.69 Å². The number of hydrogen-bond donors (Lipinski definition) is 1. The van der Waals surface area contributed by atoms with E-state index in [0.717, 1.165) is 60.9 Å². The van der Waals surface area contributed by atoms with Crippen molar-refractivity contribution in [1.82, 2.24) is 4.72 Å². The number of aryl methyl sites for hydroxylation is 1. The van der Waals surface area contributed by atoms with Crippen molar-refractivity contribution in [1.29, 1.82) is 0 Å². The van der Waals surface area contributed by atoms with Gasteiger partial charge >= 0.3 is 0 Å². The van der Waals surface area contributed by atoms with Gasteiger partial charge in [0.2, 0.25) is 10.0 Å². The lowest BCUT2D eigenvalue weighted by atomic mass is 9.54. The molecule has 5 atom stereocenters. The van der Waals surface area contributed by atoms with Crippen LogP contribution >= 0.6 is 35.1 Å². The molecule has 264 valence electrons. The fraction of sp³-hybridized carbons (Fsp3) is 0.553. The minimum Gasteiger partial charge on any atom is -0.490 e. The number of nitrogens with one attached hydrogen (secondary N) is 1. The van der Waals surface area contributed by atoms with Gasteiger partial charge in [-0.05, 0) is 110 Å². The van der Waals surface area contributed by atoms with Crippen molar-refractivity contribution in [3.63, 3.8) is 0 Å². The summed E-state index contributed by atoms with van der Waals surface area (Å²) in [5.41, 5.74) is 3.24. The number of sulfonamides is 1. The summed E-state index contributed by atoms with van der Waals surface area (Å²) in [4.78, 5) is 16.0. The Morgan fingerprint density at radius 2 is 1.90 bits per heavy atom. The fourth-order valence-electron chi connectivity index (χ4n) is 8.88. The number of thioether (sulfide) groups is 2. The number of nitrogens with zero attached hydrogens (tertiary/aromatic N) is 1. The summed E-state index contributed by atoms with van der Waals surface area (Å²) in [5.74, 6) is 2.45. The predicted octanol–water partition coefficient (Wildman–Crippen LogP) is 7.78. The zero-order valence-electron chi connectivity index (χ0n) is 28.6. The smallest absolute Gasteiger partial charge is 0.264 e. The Kier molecular flexibility index (Phi) is 9.70. The molecule has 3 heterocycles. The number of fused-ring (bicyclic) bond motifs is 4. The quantitative estimate of drug-likeness (QED) is 0.313. The average Bonchev–Trinajstić information content (AvgIpc) is 3.23. The van der Waals surface area contributed by atoms with Gasteiger partial charge in [0, 0.05) is 42.1 Å². The molecule has 1 amide bonds. The lowest BCUT2D eigenvalue weighted by Crippen LogP contribution is -2.61. The molecular formula is C38H47ClN2O5S3. The number of methoxy groups -OCH3 is 1. The Bertz CT molecular complexity index is 1780. The van der Waals surface area contributed by atoms with Crippen LogP contribution in [-0.4, -0.2) is 68.1 Å². The monoisotopic (exact) mass is 742 g/mol. The summed E-state index contributed by atoms with van der Waals surface area (Å²) in [6, 6.07) is 11.6. The predicted molar refractivity (Wildman–Crippen MR) is 203 cm³/mol. The van der Waals surface area contributed by atoms with Crippen LogP contribution in [0.3, 0.4) is 0 Å². The molecule has 1 unspecified atom stereocenters. The first-order valence-corrected chi connectivity index (χ1v) is 21.4. The van der Waals surface area contributed by atoms with Gasteiger partial charge in [-0.2, -0.15) is 0 Å². The van der Waals surface area contributed by atoms with Gasteiger partial charge in [0.25, 0.3) is 5.91 Å². The third kappa shape index (κ3) is 6.36. The second-order valence-corrected chi connectivity index (χ2v) is 20.0. The number of carbonyl (C=O) groups excluding carboxylic acids is 1. The maximum atomic E-state index is 13.6. The molecule has 2 aromatic rings. The topological polar surface area (TPSA) is 84.9 Å². The first-order valence-electron chi connectivity index (χ1n) is 17.4. The van der Waals surface area contributed by atoms with Gasteiger partial charge in [-0.25, -0.2) is 13.1 Å². The van der Waals surface area contributed by atoms with Crippen LogP contribution in [-0.2, 0) is 26.6 Å². The summed E-state index contributed by atoms with van der Waals surface area (Å²) in [5, 5.41) is -0.215. The van der Waals surface area contributed by atoms with Crippen molar-refractivity contribution in [3.05, 3.63) is 82.4 Å². The van der Waals surface area contributed by atoms with Crippen LogP contribution in [0, 0.1) is 11.3 Å². The van der Waals surface area contributed by atoms with Crippen LogP contribution in [0.15, 0.2) is 60.7 Å². The summed E-state index contributed by atoms with van der Waals surface area (Å²) in [7, 11) is -2.20. The molecule has 7 nitrogen and oxygen atoms in total. The number of ether oxygens (including phenoxy) is 2. The number of hydrogen-bond acceptors (Lipinski definition) is 8. The van der Waals surface area contributed by atoms with Crippen LogP contribution in [0.2, 0.25) is 5.02 Å². The average molecular weight is 743 g/mol. The highest BCUT2D eigenvalue weighted by Gasteiger charge is 2.58. The van der Waals surface area contributed by atoms with E-state index in [2.05, 4.69) is 47.4 Å². The Labute approximate surface area is 305 Å². The minimum absolute atomic E-state index is 0.109. The van der Waals surface area contributed by atoms with Crippen molar-refractivity contribution >= 4 is 56.7 Å². The van der Waals surface area contributed by atoms with E-state index in [0.29, 0.717) is 30.9 Å². The van der Waals surface area contributed by atoms with Crippen molar-refractivity contribution in [2.45, 2.75) is 79.6 Å².